The van der Waals surface area contributed by atoms with E-state index in [0.29, 0.717) is 11.6 Å². The Morgan fingerprint density at radius 1 is 1.53 bits per heavy atom. The van der Waals surface area contributed by atoms with Crippen molar-refractivity contribution >= 4 is 17.5 Å². The number of amides is 1. The second-order valence-corrected chi connectivity index (χ2v) is 5.29. The van der Waals surface area contributed by atoms with Gasteiger partial charge in [-0.15, -0.1) is 0 Å². The Bertz CT molecular complexity index is 465. The monoisotopic (exact) mass is 282 g/mol. The lowest BCUT2D eigenvalue weighted by Gasteiger charge is -2.34. The maximum Gasteiger partial charge on any atom is 0.237 e. The van der Waals surface area contributed by atoms with Crippen LogP contribution in [-0.4, -0.2) is 35.5 Å². The number of carbonyl (C=O) groups excluding carboxylic acids is 1. The summed E-state index contributed by atoms with van der Waals surface area (Å²) in [4.78, 5) is 14.0. The van der Waals surface area contributed by atoms with Crippen LogP contribution in [0.3, 0.4) is 0 Å². The minimum atomic E-state index is -0.0636. The first-order chi connectivity index (χ1) is 9.11. The van der Waals surface area contributed by atoms with E-state index >= 15 is 0 Å². The van der Waals surface area contributed by atoms with Gasteiger partial charge in [-0.1, -0.05) is 24.1 Å². The molecule has 1 saturated heterocycles. The van der Waals surface area contributed by atoms with Crippen LogP contribution in [0.25, 0.3) is 0 Å². The zero-order chi connectivity index (χ0) is 13.8. The minimum Gasteiger partial charge on any atom is -0.506 e. The molecule has 1 aliphatic rings. The van der Waals surface area contributed by atoms with Crippen molar-refractivity contribution < 1.29 is 9.90 Å². The Morgan fingerprint density at radius 3 is 3.00 bits per heavy atom. The lowest BCUT2D eigenvalue weighted by Crippen LogP contribution is -2.48. The molecule has 1 heterocycles. The van der Waals surface area contributed by atoms with Gasteiger partial charge in [-0.25, -0.2) is 0 Å². The Morgan fingerprint density at radius 2 is 2.32 bits per heavy atom. The Hall–Kier alpha value is -1.26. The molecule has 1 unspecified atom stereocenters. The molecule has 2 rings (SSSR count). The van der Waals surface area contributed by atoms with Gasteiger partial charge in [0.2, 0.25) is 5.91 Å². The van der Waals surface area contributed by atoms with Crippen molar-refractivity contribution in [1.82, 2.24) is 10.2 Å². The molecule has 1 aliphatic heterocycles. The van der Waals surface area contributed by atoms with Crippen LogP contribution in [-0.2, 0) is 11.3 Å². The fraction of sp³-hybridized carbons (Fsp3) is 0.500. The van der Waals surface area contributed by atoms with Crippen molar-refractivity contribution in [2.24, 2.45) is 0 Å². The normalized spacial score (nSPS) is 20.2. The van der Waals surface area contributed by atoms with E-state index in [9.17, 15) is 9.90 Å². The minimum absolute atomic E-state index is 0.0636. The molecule has 104 valence electrons. The molecule has 0 saturated carbocycles. The van der Waals surface area contributed by atoms with Gasteiger partial charge < -0.3 is 10.4 Å². The van der Waals surface area contributed by atoms with Crippen LogP contribution < -0.4 is 5.32 Å². The summed E-state index contributed by atoms with van der Waals surface area (Å²) >= 11 is 5.91. The lowest BCUT2D eigenvalue weighted by molar-refractivity contribution is -0.127. The number of hydrogen-bond donors (Lipinski definition) is 2. The van der Waals surface area contributed by atoms with Gasteiger partial charge in [0.15, 0.2) is 0 Å². The van der Waals surface area contributed by atoms with Gasteiger partial charge in [0.05, 0.1) is 11.1 Å². The number of likely N-dealkylation sites (tertiary alicyclic amines) is 1. The molecule has 2 N–H and O–H groups in total. The molecule has 0 aliphatic carbocycles. The maximum absolute atomic E-state index is 11.9. The predicted octanol–water partition coefficient (Wildman–Crippen LogP) is 2.15. The van der Waals surface area contributed by atoms with Crippen molar-refractivity contribution in [2.75, 3.05) is 13.6 Å². The van der Waals surface area contributed by atoms with Crippen LogP contribution >= 0.6 is 11.6 Å². The van der Waals surface area contributed by atoms with E-state index in [1.54, 1.807) is 19.2 Å². The third-order valence-electron chi connectivity index (χ3n) is 3.56. The highest BCUT2D eigenvalue weighted by Gasteiger charge is 2.27. The fourth-order valence-corrected chi connectivity index (χ4v) is 2.73. The molecule has 5 heteroatoms. The number of aromatic hydroxyl groups is 1. The number of likely N-dealkylation sites (N-methyl/N-ethyl adjacent to an activating group) is 1. The molecular formula is C14H19ClN2O2. The van der Waals surface area contributed by atoms with E-state index in [1.807, 2.05) is 6.07 Å². The molecule has 4 nitrogen and oxygen atoms in total. The van der Waals surface area contributed by atoms with E-state index in [1.165, 1.54) is 0 Å². The molecule has 19 heavy (non-hydrogen) atoms. The number of carbonyl (C=O) groups is 1. The average Bonchev–Trinajstić information content (AvgIpc) is 2.43. The second kappa shape index (κ2) is 6.26. The topological polar surface area (TPSA) is 52.6 Å². The van der Waals surface area contributed by atoms with E-state index in [2.05, 4.69) is 10.2 Å². The van der Waals surface area contributed by atoms with Crippen LogP contribution in [0, 0.1) is 0 Å². The zero-order valence-electron chi connectivity index (χ0n) is 11.0. The molecule has 1 fully saturated rings. The van der Waals surface area contributed by atoms with Gasteiger partial charge in [0.25, 0.3) is 0 Å². The van der Waals surface area contributed by atoms with Crippen molar-refractivity contribution in [1.29, 1.82) is 0 Å². The summed E-state index contributed by atoms with van der Waals surface area (Å²) in [6.45, 7) is 1.59. The first-order valence-electron chi connectivity index (χ1n) is 6.55. The van der Waals surface area contributed by atoms with Gasteiger partial charge >= 0.3 is 0 Å². The third kappa shape index (κ3) is 3.39. The smallest absolute Gasteiger partial charge is 0.237 e. The summed E-state index contributed by atoms with van der Waals surface area (Å²) in [6, 6.07) is 5.13. The zero-order valence-corrected chi connectivity index (χ0v) is 11.8. The first kappa shape index (κ1) is 14.2. The second-order valence-electron chi connectivity index (χ2n) is 4.88. The third-order valence-corrected chi connectivity index (χ3v) is 3.86. The van der Waals surface area contributed by atoms with Crippen molar-refractivity contribution in [3.63, 3.8) is 0 Å². The summed E-state index contributed by atoms with van der Waals surface area (Å²) in [5.74, 6) is 0.163. The summed E-state index contributed by atoms with van der Waals surface area (Å²) in [5, 5.41) is 12.5. The van der Waals surface area contributed by atoms with Gasteiger partial charge in [-0.2, -0.15) is 0 Å². The van der Waals surface area contributed by atoms with Crippen LogP contribution in [0.2, 0.25) is 5.02 Å². The summed E-state index contributed by atoms with van der Waals surface area (Å²) in [7, 11) is 1.67. The van der Waals surface area contributed by atoms with E-state index in [-0.39, 0.29) is 17.7 Å². The highest BCUT2D eigenvalue weighted by Crippen LogP contribution is 2.26. The van der Waals surface area contributed by atoms with Crippen LogP contribution in [0.15, 0.2) is 18.2 Å². The van der Waals surface area contributed by atoms with Crippen LogP contribution in [0.4, 0.5) is 0 Å². The van der Waals surface area contributed by atoms with Gasteiger partial charge in [-0.3, -0.25) is 9.69 Å². The molecule has 0 radical (unpaired) electrons. The van der Waals surface area contributed by atoms with Gasteiger partial charge in [0, 0.05) is 13.6 Å². The number of nitrogens with one attached hydrogen (secondary N) is 1. The number of halogens is 1. The first-order valence-corrected chi connectivity index (χ1v) is 6.92. The molecule has 1 aromatic carbocycles. The van der Waals surface area contributed by atoms with Crippen LogP contribution in [0.5, 0.6) is 5.75 Å². The largest absolute Gasteiger partial charge is 0.506 e. The average molecular weight is 283 g/mol. The summed E-state index contributed by atoms with van der Waals surface area (Å²) < 4.78 is 0. The number of rotatable bonds is 3. The Balaban J connectivity index is 2.10. The Kier molecular flexibility index (Phi) is 4.66. The quantitative estimate of drug-likeness (QED) is 0.893. The SMILES string of the molecule is CNC(=O)C1CCCCN1Cc1ccc(O)c(Cl)c1. The van der Waals surface area contributed by atoms with Gasteiger partial charge in [0.1, 0.15) is 5.75 Å². The highest BCUT2D eigenvalue weighted by molar-refractivity contribution is 6.32. The maximum atomic E-state index is 11.9. The standard InChI is InChI=1S/C14H19ClN2O2/c1-16-14(19)12-4-2-3-7-17(12)9-10-5-6-13(18)11(15)8-10/h5-6,8,12,18H,2-4,7,9H2,1H3,(H,16,19). The molecule has 0 aromatic heterocycles. The van der Waals surface area contributed by atoms with E-state index < -0.39 is 0 Å². The number of benzene rings is 1. The van der Waals surface area contributed by atoms with E-state index in [4.69, 9.17) is 11.6 Å². The fourth-order valence-electron chi connectivity index (χ4n) is 2.53. The number of nitrogens with zero attached hydrogens (tertiary/aromatic N) is 1. The molecule has 1 atom stereocenters. The summed E-state index contributed by atoms with van der Waals surface area (Å²) in [5.41, 5.74) is 1.01. The lowest BCUT2D eigenvalue weighted by atomic mass is 10.0. The number of hydrogen-bond acceptors (Lipinski definition) is 3. The van der Waals surface area contributed by atoms with Crippen molar-refractivity contribution in [3.05, 3.63) is 28.8 Å². The summed E-state index contributed by atoms with van der Waals surface area (Å²) in [6.07, 6.45) is 3.09. The molecular weight excluding hydrogens is 264 g/mol. The number of piperidine rings is 1. The molecule has 1 amide bonds. The predicted molar refractivity (Wildman–Crippen MR) is 75.2 cm³/mol. The van der Waals surface area contributed by atoms with Crippen molar-refractivity contribution in [3.8, 4) is 5.75 Å². The Labute approximate surface area is 118 Å². The molecule has 1 aromatic rings. The molecule has 0 bridgehead atoms. The van der Waals surface area contributed by atoms with E-state index in [0.717, 1.165) is 31.4 Å². The number of phenols is 1. The number of phenolic OH excluding ortho intramolecular Hbond substituents is 1. The van der Waals surface area contributed by atoms with Crippen LogP contribution in [0.1, 0.15) is 24.8 Å². The molecule has 0 spiro atoms. The van der Waals surface area contributed by atoms with Crippen molar-refractivity contribution in [2.45, 2.75) is 31.8 Å². The highest BCUT2D eigenvalue weighted by atomic mass is 35.5. The van der Waals surface area contributed by atoms with Gasteiger partial charge in [-0.05, 0) is 37.1 Å².